The monoisotopic (exact) mass is 213 g/mol. The van der Waals surface area contributed by atoms with Crippen LogP contribution in [0.2, 0.25) is 0 Å². The van der Waals surface area contributed by atoms with Crippen LogP contribution in [0.1, 0.15) is 58.3 Å². The number of nitrogens with one attached hydrogen (secondary N) is 1. The Kier molecular flexibility index (Phi) is 5.69. The minimum atomic E-state index is -0.325. The van der Waals surface area contributed by atoms with Crippen LogP contribution in [0.4, 0.5) is 0 Å². The molecule has 1 aliphatic carbocycles. The number of amides is 1. The summed E-state index contributed by atoms with van der Waals surface area (Å²) < 4.78 is 0. The van der Waals surface area contributed by atoms with E-state index in [9.17, 15) is 9.90 Å². The summed E-state index contributed by atoms with van der Waals surface area (Å²) >= 11 is 0. The first kappa shape index (κ1) is 12.5. The lowest BCUT2D eigenvalue weighted by molar-refractivity contribution is -0.123. The van der Waals surface area contributed by atoms with E-state index in [1.807, 2.05) is 0 Å². The average Bonchev–Trinajstić information content (AvgIpc) is 2.22. The highest BCUT2D eigenvalue weighted by molar-refractivity contribution is 5.76. The molecular weight excluding hydrogens is 190 g/mol. The smallest absolute Gasteiger partial charge is 0.220 e. The van der Waals surface area contributed by atoms with E-state index in [1.54, 1.807) is 0 Å². The van der Waals surface area contributed by atoms with Crippen molar-refractivity contribution in [3.05, 3.63) is 0 Å². The normalized spacial score (nSPS) is 26.3. The van der Waals surface area contributed by atoms with Crippen molar-refractivity contribution >= 4 is 5.91 Å². The zero-order valence-corrected chi connectivity index (χ0v) is 9.67. The molecular formula is C12H23NO2. The molecule has 0 heterocycles. The summed E-state index contributed by atoms with van der Waals surface area (Å²) in [7, 11) is 0. The van der Waals surface area contributed by atoms with Gasteiger partial charge in [-0.1, -0.05) is 32.6 Å². The van der Waals surface area contributed by atoms with E-state index in [-0.39, 0.29) is 18.1 Å². The summed E-state index contributed by atoms with van der Waals surface area (Å²) in [5.74, 6) is 0.106. The van der Waals surface area contributed by atoms with Crippen LogP contribution in [0.3, 0.4) is 0 Å². The van der Waals surface area contributed by atoms with E-state index in [2.05, 4.69) is 12.2 Å². The molecule has 2 atom stereocenters. The molecule has 88 valence electrons. The van der Waals surface area contributed by atoms with Gasteiger partial charge < -0.3 is 10.4 Å². The second-order valence-corrected chi connectivity index (χ2v) is 4.48. The number of aliphatic hydroxyl groups excluding tert-OH is 1. The molecule has 2 N–H and O–H groups in total. The van der Waals surface area contributed by atoms with Gasteiger partial charge >= 0.3 is 0 Å². The van der Waals surface area contributed by atoms with Crippen LogP contribution in [0, 0.1) is 0 Å². The van der Waals surface area contributed by atoms with Gasteiger partial charge in [-0.15, -0.1) is 0 Å². The molecule has 0 aromatic carbocycles. The third-order valence-electron chi connectivity index (χ3n) is 3.08. The van der Waals surface area contributed by atoms with E-state index in [4.69, 9.17) is 0 Å². The molecule has 0 radical (unpaired) electrons. The highest BCUT2D eigenvalue weighted by atomic mass is 16.3. The Bertz CT molecular complexity index is 194. The number of carbonyl (C=O) groups excluding carboxylic acids is 1. The van der Waals surface area contributed by atoms with E-state index >= 15 is 0 Å². The third kappa shape index (κ3) is 4.65. The second kappa shape index (κ2) is 6.83. The molecule has 15 heavy (non-hydrogen) atoms. The quantitative estimate of drug-likeness (QED) is 0.686. The molecule has 0 aliphatic heterocycles. The van der Waals surface area contributed by atoms with E-state index in [1.165, 1.54) is 0 Å². The van der Waals surface area contributed by atoms with Crippen molar-refractivity contribution in [2.24, 2.45) is 0 Å². The number of hydrogen-bond donors (Lipinski definition) is 2. The molecule has 1 fully saturated rings. The van der Waals surface area contributed by atoms with Gasteiger partial charge in [-0.3, -0.25) is 4.79 Å². The minimum absolute atomic E-state index is 0.00729. The maximum Gasteiger partial charge on any atom is 0.220 e. The standard InChI is InChI=1S/C12H23NO2/c1-2-3-4-9-12(15)13-10-7-5-6-8-11(10)14/h10-11,14H,2-9H2,1H3,(H,13,15). The SMILES string of the molecule is CCCCCC(=O)NC1CCCCC1O. The number of aliphatic hydroxyl groups is 1. The fourth-order valence-electron chi connectivity index (χ4n) is 2.09. The van der Waals surface area contributed by atoms with Crippen LogP contribution in [0.25, 0.3) is 0 Å². The molecule has 2 unspecified atom stereocenters. The molecule has 0 aromatic heterocycles. The summed E-state index contributed by atoms with van der Waals surface area (Å²) in [5, 5.41) is 12.6. The Hall–Kier alpha value is -0.570. The zero-order valence-electron chi connectivity index (χ0n) is 9.67. The Morgan fingerprint density at radius 2 is 2.07 bits per heavy atom. The topological polar surface area (TPSA) is 49.3 Å². The maximum atomic E-state index is 11.5. The van der Waals surface area contributed by atoms with Crippen molar-refractivity contribution in [2.45, 2.75) is 70.4 Å². The van der Waals surface area contributed by atoms with Crippen molar-refractivity contribution in [3.8, 4) is 0 Å². The van der Waals surface area contributed by atoms with Crippen LogP contribution >= 0.6 is 0 Å². The first-order valence-electron chi connectivity index (χ1n) is 6.21. The van der Waals surface area contributed by atoms with Gasteiger partial charge in [0.15, 0.2) is 0 Å². The van der Waals surface area contributed by atoms with Gasteiger partial charge in [-0.25, -0.2) is 0 Å². The molecule has 3 nitrogen and oxygen atoms in total. The third-order valence-corrected chi connectivity index (χ3v) is 3.08. The average molecular weight is 213 g/mol. The summed E-state index contributed by atoms with van der Waals surface area (Å²) in [6, 6.07) is 0.00729. The van der Waals surface area contributed by atoms with Gasteiger partial charge in [0, 0.05) is 6.42 Å². The lowest BCUT2D eigenvalue weighted by atomic mass is 9.92. The zero-order chi connectivity index (χ0) is 11.1. The van der Waals surface area contributed by atoms with Crippen LogP contribution < -0.4 is 5.32 Å². The lowest BCUT2D eigenvalue weighted by Gasteiger charge is -2.28. The fourth-order valence-corrected chi connectivity index (χ4v) is 2.09. The highest BCUT2D eigenvalue weighted by Gasteiger charge is 2.23. The van der Waals surface area contributed by atoms with Crippen LogP contribution in [-0.2, 0) is 4.79 Å². The molecule has 0 bridgehead atoms. The number of hydrogen-bond acceptors (Lipinski definition) is 2. The Balaban J connectivity index is 2.18. The second-order valence-electron chi connectivity index (χ2n) is 4.48. The summed E-state index contributed by atoms with van der Waals surface area (Å²) in [6.45, 7) is 2.13. The summed E-state index contributed by atoms with van der Waals surface area (Å²) in [4.78, 5) is 11.5. The molecule has 1 rings (SSSR count). The van der Waals surface area contributed by atoms with Crippen molar-refractivity contribution in [1.82, 2.24) is 5.32 Å². The molecule has 0 spiro atoms. The van der Waals surface area contributed by atoms with Gasteiger partial charge in [-0.05, 0) is 19.3 Å². The molecule has 0 saturated heterocycles. The van der Waals surface area contributed by atoms with Gasteiger partial charge in [0.1, 0.15) is 0 Å². The van der Waals surface area contributed by atoms with Crippen molar-refractivity contribution < 1.29 is 9.90 Å². The van der Waals surface area contributed by atoms with E-state index in [0.29, 0.717) is 6.42 Å². The number of carbonyl (C=O) groups is 1. The first-order chi connectivity index (χ1) is 7.24. The minimum Gasteiger partial charge on any atom is -0.391 e. The molecule has 1 saturated carbocycles. The predicted octanol–water partition coefficient (Wildman–Crippen LogP) is 1.99. The lowest BCUT2D eigenvalue weighted by Crippen LogP contribution is -2.44. The van der Waals surface area contributed by atoms with Gasteiger partial charge in [0.2, 0.25) is 5.91 Å². The molecule has 3 heteroatoms. The maximum absolute atomic E-state index is 11.5. The Morgan fingerprint density at radius 1 is 1.33 bits per heavy atom. The molecule has 1 amide bonds. The van der Waals surface area contributed by atoms with E-state index < -0.39 is 0 Å². The number of rotatable bonds is 5. The van der Waals surface area contributed by atoms with Crippen LogP contribution in [-0.4, -0.2) is 23.2 Å². The van der Waals surface area contributed by atoms with Crippen LogP contribution in [0.5, 0.6) is 0 Å². The highest BCUT2D eigenvalue weighted by Crippen LogP contribution is 2.18. The Morgan fingerprint density at radius 3 is 2.73 bits per heavy atom. The van der Waals surface area contributed by atoms with Crippen LogP contribution in [0.15, 0.2) is 0 Å². The number of unbranched alkanes of at least 4 members (excludes halogenated alkanes) is 2. The Labute approximate surface area is 92.3 Å². The van der Waals surface area contributed by atoms with Gasteiger partial charge in [0.05, 0.1) is 12.1 Å². The summed E-state index contributed by atoms with van der Waals surface area (Å²) in [6.07, 6.45) is 7.47. The van der Waals surface area contributed by atoms with Crippen molar-refractivity contribution in [1.29, 1.82) is 0 Å². The molecule has 0 aromatic rings. The van der Waals surface area contributed by atoms with Gasteiger partial charge in [0.25, 0.3) is 0 Å². The largest absolute Gasteiger partial charge is 0.391 e. The molecule has 1 aliphatic rings. The predicted molar refractivity (Wildman–Crippen MR) is 60.5 cm³/mol. The summed E-state index contributed by atoms with van der Waals surface area (Å²) in [5.41, 5.74) is 0. The van der Waals surface area contributed by atoms with Gasteiger partial charge in [-0.2, -0.15) is 0 Å². The van der Waals surface area contributed by atoms with Crippen molar-refractivity contribution in [2.75, 3.05) is 0 Å². The van der Waals surface area contributed by atoms with E-state index in [0.717, 1.165) is 44.9 Å². The first-order valence-corrected chi connectivity index (χ1v) is 6.21. The fraction of sp³-hybridized carbons (Fsp3) is 0.917. The van der Waals surface area contributed by atoms with Crippen molar-refractivity contribution in [3.63, 3.8) is 0 Å².